The van der Waals surface area contributed by atoms with Crippen LogP contribution in [-0.4, -0.2) is 17.5 Å². The minimum Gasteiger partial charge on any atom is -0.492 e. The van der Waals surface area contributed by atoms with Crippen molar-refractivity contribution in [2.24, 2.45) is 0 Å². The molecule has 2 rings (SSSR count). The molecule has 122 valence electrons. The molecule has 2 aromatic rings. The van der Waals surface area contributed by atoms with Gasteiger partial charge in [0, 0.05) is 17.1 Å². The molecule has 1 aromatic carbocycles. The van der Waals surface area contributed by atoms with Crippen LogP contribution in [-0.2, 0) is 4.79 Å². The van der Waals surface area contributed by atoms with Crippen LogP contribution in [0, 0.1) is 13.8 Å². The second-order valence-electron chi connectivity index (χ2n) is 5.25. The highest BCUT2D eigenvalue weighted by molar-refractivity contribution is 6.35. The van der Waals surface area contributed by atoms with E-state index < -0.39 is 0 Å². The van der Waals surface area contributed by atoms with E-state index in [9.17, 15) is 4.79 Å². The number of hydrogen-bond acceptors (Lipinski definition) is 3. The van der Waals surface area contributed by atoms with E-state index in [2.05, 4.69) is 10.3 Å². The molecule has 0 bridgehead atoms. The van der Waals surface area contributed by atoms with Crippen molar-refractivity contribution < 1.29 is 9.53 Å². The minimum atomic E-state index is -0.0895. The van der Waals surface area contributed by atoms with Crippen LogP contribution in [0.15, 0.2) is 30.3 Å². The van der Waals surface area contributed by atoms with Gasteiger partial charge in [-0.2, -0.15) is 0 Å². The summed E-state index contributed by atoms with van der Waals surface area (Å²) in [4.78, 5) is 16.2. The molecule has 6 heteroatoms. The molecular formula is C17H18Cl2N2O2. The third-order valence-corrected chi connectivity index (χ3v) is 3.60. The molecule has 0 saturated heterocycles. The summed E-state index contributed by atoms with van der Waals surface area (Å²) >= 11 is 11.8. The first-order chi connectivity index (χ1) is 10.9. The third kappa shape index (κ3) is 5.73. The summed E-state index contributed by atoms with van der Waals surface area (Å²) < 4.78 is 5.54. The second-order valence-corrected chi connectivity index (χ2v) is 6.09. The first kappa shape index (κ1) is 17.6. The van der Waals surface area contributed by atoms with E-state index in [-0.39, 0.29) is 5.91 Å². The van der Waals surface area contributed by atoms with Gasteiger partial charge in [0.05, 0.1) is 11.6 Å². The number of benzene rings is 1. The summed E-state index contributed by atoms with van der Waals surface area (Å²) in [5.41, 5.74) is 1.94. The number of hydrogen-bond donors (Lipinski definition) is 1. The highest BCUT2D eigenvalue weighted by atomic mass is 35.5. The first-order valence-electron chi connectivity index (χ1n) is 7.27. The summed E-state index contributed by atoms with van der Waals surface area (Å²) in [7, 11) is 0. The molecule has 1 N–H and O–H groups in total. The Hall–Kier alpha value is -1.78. The van der Waals surface area contributed by atoms with Crippen LogP contribution in [0.25, 0.3) is 0 Å². The Morgan fingerprint density at radius 2 is 2.00 bits per heavy atom. The maximum atomic E-state index is 11.9. The van der Waals surface area contributed by atoms with Crippen LogP contribution in [0.5, 0.6) is 5.75 Å². The average Bonchev–Trinajstić information content (AvgIpc) is 2.44. The van der Waals surface area contributed by atoms with Crippen molar-refractivity contribution in [1.82, 2.24) is 4.98 Å². The van der Waals surface area contributed by atoms with Crippen LogP contribution in [0.4, 0.5) is 5.82 Å². The molecule has 0 atom stereocenters. The number of rotatable bonds is 6. The van der Waals surface area contributed by atoms with Gasteiger partial charge in [0.15, 0.2) is 0 Å². The Morgan fingerprint density at radius 1 is 1.22 bits per heavy atom. The van der Waals surface area contributed by atoms with Crippen LogP contribution >= 0.6 is 23.2 Å². The van der Waals surface area contributed by atoms with Crippen molar-refractivity contribution in [3.8, 4) is 5.75 Å². The van der Waals surface area contributed by atoms with Gasteiger partial charge in [-0.15, -0.1) is 0 Å². The van der Waals surface area contributed by atoms with Crippen LogP contribution in [0.2, 0.25) is 10.0 Å². The zero-order chi connectivity index (χ0) is 16.8. The molecule has 0 aliphatic heterocycles. The lowest BCUT2D eigenvalue weighted by Crippen LogP contribution is -2.14. The van der Waals surface area contributed by atoms with Crippen molar-refractivity contribution >= 4 is 34.9 Å². The average molecular weight is 353 g/mol. The molecule has 0 unspecified atom stereocenters. The zero-order valence-corrected chi connectivity index (χ0v) is 14.5. The Morgan fingerprint density at radius 3 is 2.70 bits per heavy atom. The van der Waals surface area contributed by atoms with Gasteiger partial charge in [-0.05, 0) is 56.2 Å². The summed E-state index contributed by atoms with van der Waals surface area (Å²) in [6, 6.07) is 8.84. The number of carbonyl (C=O) groups is 1. The lowest BCUT2D eigenvalue weighted by Gasteiger charge is -2.09. The molecule has 1 heterocycles. The Labute approximate surface area is 145 Å². The Kier molecular flexibility index (Phi) is 6.25. The molecule has 0 saturated carbocycles. The smallest absolute Gasteiger partial charge is 0.225 e. The van der Waals surface area contributed by atoms with Gasteiger partial charge in [-0.1, -0.05) is 23.2 Å². The second kappa shape index (κ2) is 8.18. The number of carbonyl (C=O) groups excluding carboxylic acids is 1. The molecule has 23 heavy (non-hydrogen) atoms. The molecule has 1 aromatic heterocycles. The van der Waals surface area contributed by atoms with E-state index in [0.717, 1.165) is 11.3 Å². The fraction of sp³-hybridized carbons (Fsp3) is 0.294. The van der Waals surface area contributed by atoms with E-state index in [1.54, 1.807) is 18.2 Å². The quantitative estimate of drug-likeness (QED) is 0.759. The highest BCUT2D eigenvalue weighted by Gasteiger charge is 2.06. The standard InChI is InChI=1S/C17H18Cl2N2O2/c1-11-8-12(2)20-16(9-11)21-17(22)4-3-7-23-15-6-5-13(18)10-14(15)19/h5-6,8-10H,3-4,7H2,1-2H3,(H,20,21,22). The SMILES string of the molecule is Cc1cc(C)nc(NC(=O)CCCOc2ccc(Cl)cc2Cl)c1. The molecule has 0 fully saturated rings. The van der Waals surface area contributed by atoms with Crippen LogP contribution in [0.3, 0.4) is 0 Å². The monoisotopic (exact) mass is 352 g/mol. The molecule has 4 nitrogen and oxygen atoms in total. The first-order valence-corrected chi connectivity index (χ1v) is 8.02. The van der Waals surface area contributed by atoms with Gasteiger partial charge in [0.25, 0.3) is 0 Å². The van der Waals surface area contributed by atoms with Crippen molar-refractivity contribution in [1.29, 1.82) is 0 Å². The Balaban J connectivity index is 1.76. The molecule has 0 aliphatic carbocycles. The number of halogens is 2. The van der Waals surface area contributed by atoms with Gasteiger partial charge >= 0.3 is 0 Å². The maximum absolute atomic E-state index is 11.9. The van der Waals surface area contributed by atoms with E-state index in [1.807, 2.05) is 26.0 Å². The summed E-state index contributed by atoms with van der Waals surface area (Å²) in [5.74, 6) is 1.05. The van der Waals surface area contributed by atoms with Gasteiger partial charge in [-0.25, -0.2) is 4.98 Å². The lowest BCUT2D eigenvalue weighted by molar-refractivity contribution is -0.116. The van der Waals surface area contributed by atoms with Crippen LogP contribution in [0.1, 0.15) is 24.1 Å². The van der Waals surface area contributed by atoms with E-state index in [1.165, 1.54) is 0 Å². The Bertz CT molecular complexity index is 685. The van der Waals surface area contributed by atoms with Gasteiger partial charge < -0.3 is 10.1 Å². The third-order valence-electron chi connectivity index (χ3n) is 3.06. The number of aryl methyl sites for hydroxylation is 2. The topological polar surface area (TPSA) is 51.2 Å². The number of amides is 1. The molecule has 1 amide bonds. The molecule has 0 spiro atoms. The minimum absolute atomic E-state index is 0.0895. The van der Waals surface area contributed by atoms with E-state index >= 15 is 0 Å². The predicted octanol–water partition coefficient (Wildman–Crippen LogP) is 4.80. The van der Waals surface area contributed by atoms with Crippen molar-refractivity contribution in [2.45, 2.75) is 26.7 Å². The van der Waals surface area contributed by atoms with E-state index in [0.29, 0.717) is 41.1 Å². The molecule has 0 aliphatic rings. The van der Waals surface area contributed by atoms with Crippen molar-refractivity contribution in [3.05, 3.63) is 51.6 Å². The van der Waals surface area contributed by atoms with Crippen LogP contribution < -0.4 is 10.1 Å². The van der Waals surface area contributed by atoms with E-state index in [4.69, 9.17) is 27.9 Å². The molecule has 0 radical (unpaired) electrons. The number of ether oxygens (including phenoxy) is 1. The number of nitrogens with one attached hydrogen (secondary N) is 1. The van der Waals surface area contributed by atoms with Gasteiger partial charge in [-0.3, -0.25) is 4.79 Å². The number of pyridine rings is 1. The number of aromatic nitrogens is 1. The van der Waals surface area contributed by atoms with Crippen molar-refractivity contribution in [3.63, 3.8) is 0 Å². The lowest BCUT2D eigenvalue weighted by atomic mass is 10.2. The zero-order valence-electron chi connectivity index (χ0n) is 13.0. The normalized spacial score (nSPS) is 10.4. The summed E-state index contributed by atoms with van der Waals surface area (Å²) in [5, 5.41) is 3.81. The molecular weight excluding hydrogens is 335 g/mol. The summed E-state index contributed by atoms with van der Waals surface area (Å²) in [6.45, 7) is 4.26. The van der Waals surface area contributed by atoms with Crippen molar-refractivity contribution in [2.75, 3.05) is 11.9 Å². The number of anilines is 1. The highest BCUT2D eigenvalue weighted by Crippen LogP contribution is 2.27. The fourth-order valence-electron chi connectivity index (χ4n) is 2.12. The van der Waals surface area contributed by atoms with Gasteiger partial charge in [0.2, 0.25) is 5.91 Å². The fourth-order valence-corrected chi connectivity index (χ4v) is 2.58. The van der Waals surface area contributed by atoms with Gasteiger partial charge in [0.1, 0.15) is 11.6 Å². The summed E-state index contributed by atoms with van der Waals surface area (Å²) in [6.07, 6.45) is 0.926. The number of nitrogens with zero attached hydrogens (tertiary/aromatic N) is 1. The largest absolute Gasteiger partial charge is 0.492 e. The predicted molar refractivity (Wildman–Crippen MR) is 93.5 cm³/mol. The maximum Gasteiger partial charge on any atom is 0.225 e.